The van der Waals surface area contributed by atoms with E-state index < -0.39 is 0 Å². The summed E-state index contributed by atoms with van der Waals surface area (Å²) in [5, 5.41) is 0. The highest BCUT2D eigenvalue weighted by Crippen LogP contribution is 2.23. The molecular weight excluding hydrogens is 259 g/mol. The number of ether oxygens (including phenoxy) is 1. The second kappa shape index (κ2) is 7.64. The quantitative estimate of drug-likeness (QED) is 0.903. The molecule has 0 aromatic heterocycles. The first-order valence-electron chi connectivity index (χ1n) is 5.44. The third kappa shape index (κ3) is 4.26. The van der Waals surface area contributed by atoms with E-state index in [0.717, 1.165) is 31.7 Å². The molecule has 1 heterocycles. The molecule has 0 aliphatic carbocycles. The van der Waals surface area contributed by atoms with Gasteiger partial charge in [0, 0.05) is 30.9 Å². The Morgan fingerprint density at radius 1 is 1.24 bits per heavy atom. The van der Waals surface area contributed by atoms with Gasteiger partial charge in [-0.25, -0.2) is 0 Å². The maximum absolute atomic E-state index is 5.88. The summed E-state index contributed by atoms with van der Waals surface area (Å²) in [5.74, 6) is 0.919. The Kier molecular flexibility index (Phi) is 7.35. The minimum atomic E-state index is 0. The normalized spacial score (nSPS) is 15.8. The van der Waals surface area contributed by atoms with Crippen molar-refractivity contribution in [1.29, 1.82) is 0 Å². The van der Waals surface area contributed by atoms with E-state index in [1.807, 2.05) is 12.1 Å². The SMILES string of the molecule is COc1cccc(N2CCC(N)CC2)c1.Cl.Cl. The van der Waals surface area contributed by atoms with Crippen LogP contribution < -0.4 is 15.4 Å². The number of nitrogens with two attached hydrogens (primary N) is 1. The first kappa shape index (κ1) is 16.4. The average molecular weight is 279 g/mol. The third-order valence-electron chi connectivity index (χ3n) is 2.96. The summed E-state index contributed by atoms with van der Waals surface area (Å²) < 4.78 is 5.22. The molecule has 0 spiro atoms. The molecule has 0 bridgehead atoms. The zero-order valence-corrected chi connectivity index (χ0v) is 11.6. The number of benzene rings is 1. The number of methoxy groups -OCH3 is 1. The van der Waals surface area contributed by atoms with Gasteiger partial charge in [0.25, 0.3) is 0 Å². The molecule has 1 aliphatic rings. The predicted molar refractivity (Wildman–Crippen MR) is 76.9 cm³/mol. The predicted octanol–water partition coefficient (Wildman–Crippen LogP) is 2.47. The van der Waals surface area contributed by atoms with Gasteiger partial charge in [-0.1, -0.05) is 6.07 Å². The number of hydrogen-bond acceptors (Lipinski definition) is 3. The lowest BCUT2D eigenvalue weighted by Gasteiger charge is -2.32. The molecule has 2 rings (SSSR count). The summed E-state index contributed by atoms with van der Waals surface area (Å²) in [7, 11) is 1.70. The van der Waals surface area contributed by atoms with Crippen LogP contribution in [-0.4, -0.2) is 26.2 Å². The van der Waals surface area contributed by atoms with E-state index in [4.69, 9.17) is 10.5 Å². The Bertz CT molecular complexity index is 328. The van der Waals surface area contributed by atoms with Gasteiger partial charge in [0.15, 0.2) is 0 Å². The fourth-order valence-corrected chi connectivity index (χ4v) is 1.96. The van der Waals surface area contributed by atoms with E-state index in [-0.39, 0.29) is 24.8 Å². The van der Waals surface area contributed by atoms with Crippen molar-refractivity contribution in [2.45, 2.75) is 18.9 Å². The molecule has 0 saturated carbocycles. The maximum atomic E-state index is 5.88. The van der Waals surface area contributed by atoms with E-state index >= 15 is 0 Å². The highest BCUT2D eigenvalue weighted by molar-refractivity contribution is 5.85. The van der Waals surface area contributed by atoms with Gasteiger partial charge in [-0.05, 0) is 25.0 Å². The van der Waals surface area contributed by atoms with Crippen molar-refractivity contribution < 1.29 is 4.74 Å². The smallest absolute Gasteiger partial charge is 0.120 e. The Labute approximate surface area is 115 Å². The van der Waals surface area contributed by atoms with Gasteiger partial charge in [-0.3, -0.25) is 0 Å². The summed E-state index contributed by atoms with van der Waals surface area (Å²) in [4.78, 5) is 2.37. The van der Waals surface area contributed by atoms with Crippen molar-refractivity contribution in [2.75, 3.05) is 25.1 Å². The number of anilines is 1. The van der Waals surface area contributed by atoms with E-state index in [1.165, 1.54) is 5.69 Å². The molecular formula is C12H20Cl2N2O. The lowest BCUT2D eigenvalue weighted by molar-refractivity contribution is 0.414. The van der Waals surface area contributed by atoms with Crippen LogP contribution in [0.5, 0.6) is 5.75 Å². The van der Waals surface area contributed by atoms with Crippen molar-refractivity contribution >= 4 is 30.5 Å². The number of rotatable bonds is 2. The number of piperidine rings is 1. The van der Waals surface area contributed by atoms with E-state index in [1.54, 1.807) is 7.11 Å². The van der Waals surface area contributed by atoms with Gasteiger partial charge >= 0.3 is 0 Å². The summed E-state index contributed by atoms with van der Waals surface area (Å²) in [6, 6.07) is 8.59. The monoisotopic (exact) mass is 278 g/mol. The molecule has 0 radical (unpaired) electrons. The van der Waals surface area contributed by atoms with Crippen molar-refractivity contribution in [1.82, 2.24) is 0 Å². The van der Waals surface area contributed by atoms with Crippen LogP contribution in [-0.2, 0) is 0 Å². The molecule has 1 fully saturated rings. The molecule has 0 unspecified atom stereocenters. The zero-order valence-electron chi connectivity index (χ0n) is 9.96. The Morgan fingerprint density at radius 3 is 2.47 bits per heavy atom. The minimum Gasteiger partial charge on any atom is -0.497 e. The fourth-order valence-electron chi connectivity index (χ4n) is 1.96. The van der Waals surface area contributed by atoms with Crippen molar-refractivity contribution in [2.24, 2.45) is 5.73 Å². The van der Waals surface area contributed by atoms with Crippen molar-refractivity contribution in [3.63, 3.8) is 0 Å². The molecule has 1 aromatic carbocycles. The number of hydrogen-bond donors (Lipinski definition) is 1. The maximum Gasteiger partial charge on any atom is 0.120 e. The van der Waals surface area contributed by atoms with Crippen molar-refractivity contribution in [3.8, 4) is 5.75 Å². The molecule has 2 N–H and O–H groups in total. The van der Waals surface area contributed by atoms with Gasteiger partial charge in [-0.15, -0.1) is 24.8 Å². The van der Waals surface area contributed by atoms with Gasteiger partial charge in [-0.2, -0.15) is 0 Å². The summed E-state index contributed by atoms with van der Waals surface area (Å²) in [5.41, 5.74) is 7.12. The number of halogens is 2. The average Bonchev–Trinajstić information content (AvgIpc) is 2.30. The molecule has 1 aliphatic heterocycles. The molecule has 0 amide bonds. The van der Waals surface area contributed by atoms with E-state index in [0.29, 0.717) is 6.04 Å². The summed E-state index contributed by atoms with van der Waals surface area (Å²) in [6.45, 7) is 2.10. The van der Waals surface area contributed by atoms with Gasteiger partial charge in [0.05, 0.1) is 7.11 Å². The van der Waals surface area contributed by atoms with Gasteiger partial charge in [0.1, 0.15) is 5.75 Å². The molecule has 0 atom stereocenters. The third-order valence-corrected chi connectivity index (χ3v) is 2.96. The fraction of sp³-hybridized carbons (Fsp3) is 0.500. The standard InChI is InChI=1S/C12H18N2O.2ClH/c1-15-12-4-2-3-11(9-12)14-7-5-10(13)6-8-14;;/h2-4,9-10H,5-8,13H2,1H3;2*1H. The van der Waals surface area contributed by atoms with Crippen molar-refractivity contribution in [3.05, 3.63) is 24.3 Å². The van der Waals surface area contributed by atoms with Crippen LogP contribution in [0.2, 0.25) is 0 Å². The van der Waals surface area contributed by atoms with Gasteiger partial charge in [0.2, 0.25) is 0 Å². The Morgan fingerprint density at radius 2 is 1.88 bits per heavy atom. The topological polar surface area (TPSA) is 38.5 Å². The number of nitrogens with zero attached hydrogens (tertiary/aromatic N) is 1. The molecule has 17 heavy (non-hydrogen) atoms. The van der Waals surface area contributed by atoms with Gasteiger partial charge < -0.3 is 15.4 Å². The summed E-state index contributed by atoms with van der Waals surface area (Å²) >= 11 is 0. The Balaban J connectivity index is 0.00000128. The molecule has 1 saturated heterocycles. The first-order valence-corrected chi connectivity index (χ1v) is 5.44. The van der Waals surface area contributed by atoms with Crippen LogP contribution in [0, 0.1) is 0 Å². The largest absolute Gasteiger partial charge is 0.497 e. The highest BCUT2D eigenvalue weighted by atomic mass is 35.5. The summed E-state index contributed by atoms with van der Waals surface area (Å²) in [6.07, 6.45) is 2.16. The lowest BCUT2D eigenvalue weighted by atomic mass is 10.1. The van der Waals surface area contributed by atoms with Crippen LogP contribution in [0.1, 0.15) is 12.8 Å². The second-order valence-electron chi connectivity index (χ2n) is 4.03. The zero-order chi connectivity index (χ0) is 10.7. The van der Waals surface area contributed by atoms with E-state index in [2.05, 4.69) is 17.0 Å². The van der Waals surface area contributed by atoms with Crippen LogP contribution in [0.25, 0.3) is 0 Å². The van der Waals surface area contributed by atoms with Crippen LogP contribution in [0.4, 0.5) is 5.69 Å². The minimum absolute atomic E-state index is 0. The first-order chi connectivity index (χ1) is 7.29. The molecule has 1 aromatic rings. The van der Waals surface area contributed by atoms with E-state index in [9.17, 15) is 0 Å². The van der Waals surface area contributed by atoms with Crippen LogP contribution in [0.3, 0.4) is 0 Å². The lowest BCUT2D eigenvalue weighted by Crippen LogP contribution is -2.39. The highest BCUT2D eigenvalue weighted by Gasteiger charge is 2.16. The van der Waals surface area contributed by atoms with Crippen LogP contribution in [0.15, 0.2) is 24.3 Å². The molecule has 98 valence electrons. The van der Waals surface area contributed by atoms with Crippen LogP contribution >= 0.6 is 24.8 Å². The Hall–Kier alpha value is -0.640. The second-order valence-corrected chi connectivity index (χ2v) is 4.03. The molecule has 3 nitrogen and oxygen atoms in total. The molecule has 5 heteroatoms.